The lowest BCUT2D eigenvalue weighted by Gasteiger charge is -2.30. The molecule has 2 aliphatic rings. The minimum atomic E-state index is -0.951. The van der Waals surface area contributed by atoms with Crippen LogP contribution in [0.1, 0.15) is 27.7 Å². The topological polar surface area (TPSA) is 0 Å². The van der Waals surface area contributed by atoms with Crippen molar-refractivity contribution in [3.8, 4) is 0 Å². The summed E-state index contributed by atoms with van der Waals surface area (Å²) in [4.78, 5) is 0. The van der Waals surface area contributed by atoms with Crippen molar-refractivity contribution in [1.82, 2.24) is 0 Å². The van der Waals surface area contributed by atoms with Gasteiger partial charge in [-0.25, -0.2) is 0 Å². The van der Waals surface area contributed by atoms with Crippen LogP contribution in [0, 0.1) is 0 Å². The summed E-state index contributed by atoms with van der Waals surface area (Å²) in [5, 5.41) is 3.26. The Hall–Kier alpha value is -0.350. The summed E-state index contributed by atoms with van der Waals surface area (Å²) in [6.07, 6.45) is 9.35. The first kappa shape index (κ1) is 9.21. The van der Waals surface area contributed by atoms with Crippen LogP contribution in [0.4, 0.5) is 0 Å². The molecule has 0 aromatic heterocycles. The predicted molar refractivity (Wildman–Crippen MR) is 62.5 cm³/mol. The SMILES string of the molecule is CC(C)[P+]1(C(C)C)C2=CC=C1C=C2. The normalized spacial score (nSPS) is 22.9. The number of hydrogen-bond donors (Lipinski definition) is 0. The van der Waals surface area contributed by atoms with Gasteiger partial charge in [0.15, 0.2) is 0 Å². The van der Waals surface area contributed by atoms with Crippen LogP contribution in [0.25, 0.3) is 0 Å². The third-order valence-corrected chi connectivity index (χ3v) is 8.90. The molecule has 0 aliphatic carbocycles. The molecule has 2 heterocycles. The van der Waals surface area contributed by atoms with Crippen LogP contribution in [0.5, 0.6) is 0 Å². The minimum absolute atomic E-state index is 0.808. The molecule has 2 rings (SSSR count). The first-order chi connectivity index (χ1) is 6.10. The lowest BCUT2D eigenvalue weighted by Crippen LogP contribution is -2.14. The molecule has 2 bridgehead atoms. The second-order valence-electron chi connectivity index (χ2n) is 4.48. The van der Waals surface area contributed by atoms with Crippen LogP contribution < -0.4 is 0 Å². The molecule has 0 nitrogen and oxygen atoms in total. The Labute approximate surface area is 81.8 Å². The third kappa shape index (κ3) is 0.958. The Morgan fingerprint density at radius 1 is 0.846 bits per heavy atom. The van der Waals surface area contributed by atoms with Crippen LogP contribution in [0.2, 0.25) is 0 Å². The van der Waals surface area contributed by atoms with E-state index < -0.39 is 7.26 Å². The fourth-order valence-corrected chi connectivity index (χ4v) is 8.04. The fourth-order valence-electron chi connectivity index (χ4n) is 2.88. The third-order valence-electron chi connectivity index (χ3n) is 3.33. The average molecular weight is 193 g/mol. The molecule has 0 amide bonds. The molecule has 0 aromatic rings. The van der Waals surface area contributed by atoms with Crippen molar-refractivity contribution in [2.75, 3.05) is 0 Å². The highest BCUT2D eigenvalue weighted by molar-refractivity contribution is 7.85. The van der Waals surface area contributed by atoms with Crippen LogP contribution in [-0.4, -0.2) is 11.3 Å². The second kappa shape index (κ2) is 2.82. The van der Waals surface area contributed by atoms with Gasteiger partial charge in [0.1, 0.15) is 0 Å². The number of allylic oxidation sites excluding steroid dienone is 6. The summed E-state index contributed by atoms with van der Waals surface area (Å²) >= 11 is 0. The Morgan fingerprint density at radius 3 is 1.38 bits per heavy atom. The van der Waals surface area contributed by atoms with Crippen LogP contribution >= 0.6 is 7.26 Å². The van der Waals surface area contributed by atoms with Crippen molar-refractivity contribution in [3.05, 3.63) is 34.9 Å². The molecule has 0 fully saturated rings. The molecule has 1 heteroatoms. The zero-order valence-corrected chi connectivity index (χ0v) is 9.81. The quantitative estimate of drug-likeness (QED) is 0.577. The number of rotatable bonds is 2. The fraction of sp³-hybridized carbons (Fsp3) is 0.500. The lowest BCUT2D eigenvalue weighted by molar-refractivity contribution is 0.999. The molecular weight excluding hydrogens is 175 g/mol. The van der Waals surface area contributed by atoms with E-state index in [-0.39, 0.29) is 0 Å². The molecule has 13 heavy (non-hydrogen) atoms. The van der Waals surface area contributed by atoms with Gasteiger partial charge in [0.05, 0.1) is 29.2 Å². The van der Waals surface area contributed by atoms with E-state index in [1.54, 1.807) is 10.6 Å². The molecule has 0 radical (unpaired) electrons. The second-order valence-corrected chi connectivity index (χ2v) is 9.13. The van der Waals surface area contributed by atoms with Gasteiger partial charge in [0.2, 0.25) is 0 Å². The molecule has 0 saturated carbocycles. The van der Waals surface area contributed by atoms with Gasteiger partial charge in [0.25, 0.3) is 0 Å². The largest absolute Gasteiger partial charge is 0.1000 e. The van der Waals surface area contributed by atoms with E-state index in [0.29, 0.717) is 0 Å². The zero-order chi connectivity index (χ0) is 9.64. The first-order valence-electron chi connectivity index (χ1n) is 5.09. The number of fused-ring (bicyclic) bond motifs is 2. The summed E-state index contributed by atoms with van der Waals surface area (Å²) in [5.74, 6) is 0. The minimum Gasteiger partial charge on any atom is -0.0277 e. The molecule has 2 aliphatic heterocycles. The monoisotopic (exact) mass is 193 g/mol. The van der Waals surface area contributed by atoms with E-state index in [1.807, 2.05) is 0 Å². The Kier molecular flexibility index (Phi) is 2.00. The maximum absolute atomic E-state index is 2.38. The molecule has 70 valence electrons. The molecular formula is C12H18P+. The Bertz CT molecular complexity index is 284. The highest BCUT2D eigenvalue weighted by atomic mass is 31.2. The molecule has 0 spiro atoms. The van der Waals surface area contributed by atoms with Gasteiger partial charge >= 0.3 is 0 Å². The summed E-state index contributed by atoms with van der Waals surface area (Å²) in [6.45, 7) is 9.53. The van der Waals surface area contributed by atoms with E-state index >= 15 is 0 Å². The molecule has 0 N–H and O–H groups in total. The Morgan fingerprint density at radius 2 is 1.23 bits per heavy atom. The van der Waals surface area contributed by atoms with Gasteiger partial charge in [-0.1, -0.05) is 0 Å². The van der Waals surface area contributed by atoms with Gasteiger partial charge in [-0.15, -0.1) is 0 Å². The summed E-state index contributed by atoms with van der Waals surface area (Å²) < 4.78 is 0. The molecule has 0 unspecified atom stereocenters. The smallest absolute Gasteiger partial charge is 0.0277 e. The highest BCUT2D eigenvalue weighted by Crippen LogP contribution is 2.82. The maximum Gasteiger partial charge on any atom is 0.1000 e. The summed E-state index contributed by atoms with van der Waals surface area (Å²) in [7, 11) is -0.951. The molecule has 0 saturated heterocycles. The first-order valence-corrected chi connectivity index (χ1v) is 7.02. The van der Waals surface area contributed by atoms with E-state index in [0.717, 1.165) is 11.3 Å². The zero-order valence-electron chi connectivity index (χ0n) is 8.91. The van der Waals surface area contributed by atoms with Crippen molar-refractivity contribution in [3.63, 3.8) is 0 Å². The van der Waals surface area contributed by atoms with E-state index in [9.17, 15) is 0 Å². The lowest BCUT2D eigenvalue weighted by atomic mass is 10.3. The van der Waals surface area contributed by atoms with Gasteiger partial charge in [0, 0.05) is 0 Å². The van der Waals surface area contributed by atoms with Gasteiger partial charge in [-0.05, 0) is 52.0 Å². The molecule has 0 atom stereocenters. The Balaban J connectivity index is 2.51. The van der Waals surface area contributed by atoms with Crippen molar-refractivity contribution in [2.45, 2.75) is 39.0 Å². The van der Waals surface area contributed by atoms with Crippen molar-refractivity contribution in [2.24, 2.45) is 0 Å². The standard InChI is InChI=1S/C12H18P/c1-9(2)13(10(3)4)11-5-6-12(13)8-7-11/h5-10H,1-4H3/q+1. The van der Waals surface area contributed by atoms with Gasteiger partial charge in [-0.2, -0.15) is 0 Å². The van der Waals surface area contributed by atoms with Crippen LogP contribution in [-0.2, 0) is 0 Å². The predicted octanol–water partition coefficient (Wildman–Crippen LogP) is 4.17. The number of hydrogen-bond acceptors (Lipinski definition) is 0. The van der Waals surface area contributed by atoms with E-state index in [1.165, 1.54) is 0 Å². The maximum atomic E-state index is 2.38. The average Bonchev–Trinajstić information content (AvgIpc) is 2.57. The van der Waals surface area contributed by atoms with Gasteiger partial charge < -0.3 is 0 Å². The summed E-state index contributed by atoms with van der Waals surface area (Å²) in [5.41, 5.74) is 1.62. The van der Waals surface area contributed by atoms with Crippen molar-refractivity contribution in [1.29, 1.82) is 0 Å². The van der Waals surface area contributed by atoms with Crippen molar-refractivity contribution >= 4 is 7.26 Å². The van der Waals surface area contributed by atoms with E-state index in [4.69, 9.17) is 0 Å². The summed E-state index contributed by atoms with van der Waals surface area (Å²) in [6, 6.07) is 0. The van der Waals surface area contributed by atoms with Crippen LogP contribution in [0.15, 0.2) is 34.9 Å². The highest BCUT2D eigenvalue weighted by Gasteiger charge is 2.55. The van der Waals surface area contributed by atoms with Crippen molar-refractivity contribution < 1.29 is 0 Å². The van der Waals surface area contributed by atoms with Gasteiger partial charge in [-0.3, -0.25) is 0 Å². The van der Waals surface area contributed by atoms with Crippen LogP contribution in [0.3, 0.4) is 0 Å². The van der Waals surface area contributed by atoms with E-state index in [2.05, 4.69) is 52.0 Å². The molecule has 0 aromatic carbocycles.